The van der Waals surface area contributed by atoms with Gasteiger partial charge < -0.3 is 10.2 Å². The highest BCUT2D eigenvalue weighted by atomic mass is 35.5. The number of carbonyl (C=O) groups is 2. The third-order valence-corrected chi connectivity index (χ3v) is 7.29. The molecular weight excluding hydrogens is 536 g/mol. The lowest BCUT2D eigenvalue weighted by Crippen LogP contribution is -2.40. The molecule has 1 saturated carbocycles. The van der Waals surface area contributed by atoms with Gasteiger partial charge in [-0.05, 0) is 59.4 Å². The summed E-state index contributed by atoms with van der Waals surface area (Å²) in [6.45, 7) is 0.544. The highest BCUT2D eigenvalue weighted by molar-refractivity contribution is 6.34. The van der Waals surface area contributed by atoms with E-state index in [-0.39, 0.29) is 30.5 Å². The molecular formula is C29H27Cl2F3N2O2. The lowest BCUT2D eigenvalue weighted by atomic mass is 9.93. The summed E-state index contributed by atoms with van der Waals surface area (Å²) in [4.78, 5) is 27.8. The van der Waals surface area contributed by atoms with Crippen molar-refractivity contribution in [1.29, 1.82) is 0 Å². The quantitative estimate of drug-likeness (QED) is 0.326. The van der Waals surface area contributed by atoms with Crippen LogP contribution in [0, 0.1) is 11.8 Å². The Labute approximate surface area is 229 Å². The van der Waals surface area contributed by atoms with Gasteiger partial charge in [-0.25, -0.2) is 0 Å². The molecule has 0 spiro atoms. The minimum atomic E-state index is -4.45. The van der Waals surface area contributed by atoms with E-state index in [4.69, 9.17) is 23.2 Å². The zero-order valence-electron chi connectivity index (χ0n) is 20.7. The largest absolute Gasteiger partial charge is 0.417 e. The fraction of sp³-hybridized carbons (Fsp3) is 0.310. The molecule has 1 N–H and O–H groups in total. The van der Waals surface area contributed by atoms with Crippen molar-refractivity contribution in [1.82, 2.24) is 10.2 Å². The predicted octanol–water partition coefficient (Wildman–Crippen LogP) is 7.37. The Morgan fingerprint density at radius 1 is 0.921 bits per heavy atom. The second kappa shape index (κ2) is 11.8. The first-order chi connectivity index (χ1) is 18.0. The molecule has 1 unspecified atom stereocenters. The lowest BCUT2D eigenvalue weighted by Gasteiger charge is -2.25. The number of benzene rings is 3. The van der Waals surface area contributed by atoms with E-state index in [9.17, 15) is 22.8 Å². The Hall–Kier alpha value is -3.03. The summed E-state index contributed by atoms with van der Waals surface area (Å²) < 4.78 is 40.2. The standard InChI is InChI=1S/C29H27Cl2F3N2O2/c1-36(17-18-9-11-20(12-10-18)23-5-2-3-8-26(23)29(32,33)34)28(38)25-7-4-6-24(25)27(37)35-16-19-13-21(30)15-22(31)14-19/h2-3,5,8-15,24-25H,4,6-7,16-17H2,1H3,(H,35,37)/t24-,25?/m1/s1. The molecule has 38 heavy (non-hydrogen) atoms. The summed E-state index contributed by atoms with van der Waals surface area (Å²) in [6.07, 6.45) is -2.43. The Kier molecular flexibility index (Phi) is 8.68. The summed E-state index contributed by atoms with van der Waals surface area (Å²) >= 11 is 12.1. The molecule has 2 amide bonds. The van der Waals surface area contributed by atoms with Gasteiger partial charge in [-0.1, -0.05) is 72.1 Å². The van der Waals surface area contributed by atoms with Gasteiger partial charge in [0.05, 0.1) is 5.56 Å². The molecule has 1 aliphatic rings. The van der Waals surface area contributed by atoms with Crippen LogP contribution in [0.25, 0.3) is 11.1 Å². The molecule has 0 aliphatic heterocycles. The van der Waals surface area contributed by atoms with Gasteiger partial charge in [0.25, 0.3) is 0 Å². The second-order valence-electron chi connectivity index (χ2n) is 9.57. The summed E-state index contributed by atoms with van der Waals surface area (Å²) in [6, 6.07) is 17.2. The molecule has 1 fully saturated rings. The first-order valence-electron chi connectivity index (χ1n) is 12.3. The predicted molar refractivity (Wildman–Crippen MR) is 142 cm³/mol. The normalized spacial score (nSPS) is 17.3. The fourth-order valence-electron chi connectivity index (χ4n) is 5.01. The number of hydrogen-bond donors (Lipinski definition) is 1. The topological polar surface area (TPSA) is 49.4 Å². The van der Waals surface area contributed by atoms with Crippen LogP contribution in [-0.2, 0) is 28.9 Å². The molecule has 9 heteroatoms. The Balaban J connectivity index is 1.38. The minimum absolute atomic E-state index is 0.107. The van der Waals surface area contributed by atoms with Crippen LogP contribution in [0.15, 0.2) is 66.7 Å². The van der Waals surface area contributed by atoms with E-state index >= 15 is 0 Å². The van der Waals surface area contributed by atoms with Gasteiger partial charge in [0, 0.05) is 42.0 Å². The molecule has 200 valence electrons. The molecule has 0 saturated heterocycles. The van der Waals surface area contributed by atoms with Gasteiger partial charge in [0.2, 0.25) is 11.8 Å². The summed E-state index contributed by atoms with van der Waals surface area (Å²) in [5, 5.41) is 3.86. The highest BCUT2D eigenvalue weighted by Gasteiger charge is 2.39. The third kappa shape index (κ3) is 6.69. The van der Waals surface area contributed by atoms with Crippen LogP contribution in [0.2, 0.25) is 10.0 Å². The van der Waals surface area contributed by atoms with Crippen molar-refractivity contribution >= 4 is 35.0 Å². The van der Waals surface area contributed by atoms with Crippen LogP contribution in [0.4, 0.5) is 13.2 Å². The van der Waals surface area contributed by atoms with Crippen molar-refractivity contribution in [3.05, 3.63) is 93.5 Å². The van der Waals surface area contributed by atoms with Crippen molar-refractivity contribution < 1.29 is 22.8 Å². The molecule has 2 atom stereocenters. The van der Waals surface area contributed by atoms with Crippen LogP contribution in [0.3, 0.4) is 0 Å². The lowest BCUT2D eigenvalue weighted by molar-refractivity contribution is -0.140. The zero-order valence-corrected chi connectivity index (χ0v) is 22.2. The molecule has 0 radical (unpaired) electrons. The number of nitrogens with one attached hydrogen (secondary N) is 1. The second-order valence-corrected chi connectivity index (χ2v) is 10.4. The Morgan fingerprint density at radius 2 is 1.55 bits per heavy atom. The minimum Gasteiger partial charge on any atom is -0.352 e. The maximum atomic E-state index is 13.4. The number of nitrogens with zero attached hydrogens (tertiary/aromatic N) is 1. The average Bonchev–Trinajstić information content (AvgIpc) is 3.36. The number of carbonyl (C=O) groups excluding carboxylic acids is 2. The van der Waals surface area contributed by atoms with Crippen molar-refractivity contribution in [2.75, 3.05) is 7.05 Å². The van der Waals surface area contributed by atoms with Crippen molar-refractivity contribution in [3.63, 3.8) is 0 Å². The van der Waals surface area contributed by atoms with Gasteiger partial charge in [-0.3, -0.25) is 9.59 Å². The van der Waals surface area contributed by atoms with Gasteiger partial charge >= 0.3 is 6.18 Å². The van der Waals surface area contributed by atoms with E-state index in [1.54, 1.807) is 60.5 Å². The fourth-order valence-corrected chi connectivity index (χ4v) is 5.58. The van der Waals surface area contributed by atoms with E-state index in [1.165, 1.54) is 12.1 Å². The van der Waals surface area contributed by atoms with Crippen LogP contribution in [0.1, 0.15) is 36.0 Å². The maximum absolute atomic E-state index is 13.4. The average molecular weight is 563 g/mol. The van der Waals surface area contributed by atoms with Crippen LogP contribution >= 0.6 is 23.2 Å². The van der Waals surface area contributed by atoms with Gasteiger partial charge in [-0.15, -0.1) is 0 Å². The summed E-state index contributed by atoms with van der Waals surface area (Å²) in [7, 11) is 1.68. The number of rotatable bonds is 7. The van der Waals surface area contributed by atoms with Crippen LogP contribution in [-0.4, -0.2) is 23.8 Å². The van der Waals surface area contributed by atoms with Crippen LogP contribution < -0.4 is 5.32 Å². The molecule has 0 heterocycles. The number of amides is 2. The van der Waals surface area contributed by atoms with Gasteiger partial charge in [0.1, 0.15) is 0 Å². The molecule has 4 rings (SSSR count). The zero-order chi connectivity index (χ0) is 27.4. The van der Waals surface area contributed by atoms with Crippen molar-refractivity contribution in [2.24, 2.45) is 11.8 Å². The van der Waals surface area contributed by atoms with E-state index in [1.807, 2.05) is 0 Å². The smallest absolute Gasteiger partial charge is 0.352 e. The van der Waals surface area contributed by atoms with E-state index in [0.29, 0.717) is 28.5 Å². The first kappa shape index (κ1) is 28.0. The number of hydrogen-bond acceptors (Lipinski definition) is 2. The number of alkyl halides is 3. The molecule has 0 bridgehead atoms. The molecule has 4 nitrogen and oxygen atoms in total. The van der Waals surface area contributed by atoms with E-state index in [2.05, 4.69) is 5.32 Å². The Bertz CT molecular complexity index is 1290. The number of halogens is 5. The highest BCUT2D eigenvalue weighted by Crippen LogP contribution is 2.37. The summed E-state index contributed by atoms with van der Waals surface area (Å²) in [5.74, 6) is -1.17. The molecule has 3 aromatic rings. The maximum Gasteiger partial charge on any atom is 0.417 e. The first-order valence-corrected chi connectivity index (χ1v) is 13.0. The van der Waals surface area contributed by atoms with E-state index < -0.39 is 23.6 Å². The third-order valence-electron chi connectivity index (χ3n) is 6.85. The summed E-state index contributed by atoms with van der Waals surface area (Å²) in [5.41, 5.74) is 1.42. The van der Waals surface area contributed by atoms with E-state index in [0.717, 1.165) is 23.6 Å². The van der Waals surface area contributed by atoms with Crippen LogP contribution in [0.5, 0.6) is 0 Å². The Morgan fingerprint density at radius 3 is 2.21 bits per heavy atom. The van der Waals surface area contributed by atoms with Gasteiger partial charge in [-0.2, -0.15) is 13.2 Å². The molecule has 0 aromatic heterocycles. The monoisotopic (exact) mass is 562 g/mol. The van der Waals surface area contributed by atoms with Crippen molar-refractivity contribution in [2.45, 2.75) is 38.5 Å². The SMILES string of the molecule is CN(Cc1ccc(-c2ccccc2C(F)(F)F)cc1)C(=O)C1CCC[C@H]1C(=O)NCc1cc(Cl)cc(Cl)c1. The van der Waals surface area contributed by atoms with Crippen molar-refractivity contribution in [3.8, 4) is 11.1 Å². The molecule has 1 aliphatic carbocycles. The molecule has 3 aromatic carbocycles. The van der Waals surface area contributed by atoms with Gasteiger partial charge in [0.15, 0.2) is 0 Å².